The zero-order valence-corrected chi connectivity index (χ0v) is 30.2. The van der Waals surface area contributed by atoms with Gasteiger partial charge in [0.25, 0.3) is 0 Å². The van der Waals surface area contributed by atoms with Crippen LogP contribution in [-0.2, 0) is 30.3 Å². The summed E-state index contributed by atoms with van der Waals surface area (Å²) in [7, 11) is 0. The van der Waals surface area contributed by atoms with E-state index < -0.39 is 17.5 Å². The first-order valence-corrected chi connectivity index (χ1v) is 17.0. The van der Waals surface area contributed by atoms with Crippen molar-refractivity contribution in [1.82, 2.24) is 9.72 Å². The maximum Gasteiger partial charge on any atom is 0.332 e. The molecule has 2 N–H and O–H groups in total. The molecule has 11 heteroatoms. The summed E-state index contributed by atoms with van der Waals surface area (Å²) in [5, 5.41) is 5.75. The molecule has 0 unspecified atom stereocenters. The second kappa shape index (κ2) is 17.8. The van der Waals surface area contributed by atoms with E-state index in [-0.39, 0.29) is 13.2 Å². The van der Waals surface area contributed by atoms with Crippen LogP contribution in [0.2, 0.25) is 0 Å². The predicted octanol–water partition coefficient (Wildman–Crippen LogP) is 7.01. The summed E-state index contributed by atoms with van der Waals surface area (Å²) in [6, 6.07) is 19.9. The second-order valence-corrected chi connectivity index (χ2v) is 12.4. The van der Waals surface area contributed by atoms with Gasteiger partial charge in [0.05, 0.1) is 44.2 Å². The van der Waals surface area contributed by atoms with Crippen molar-refractivity contribution >= 4 is 33.7 Å². The Kier molecular flexibility index (Phi) is 13.6. The van der Waals surface area contributed by atoms with Gasteiger partial charge in [0.2, 0.25) is 5.91 Å². The molecule has 1 amide bonds. The van der Waals surface area contributed by atoms with E-state index in [4.69, 9.17) is 33.9 Å². The normalized spacial score (nSPS) is 11.4. The highest BCUT2D eigenvalue weighted by Crippen LogP contribution is 2.39. The summed E-state index contributed by atoms with van der Waals surface area (Å²) >= 11 is 0. The molecule has 5 aromatic rings. The fourth-order valence-electron chi connectivity index (χ4n) is 5.65. The topological polar surface area (TPSA) is 137 Å². The lowest BCUT2D eigenvalue weighted by atomic mass is 9.97. The number of carbonyl (C=O) groups excluding carboxylic acids is 2. The number of fused-ring (bicyclic) bond motifs is 3. The van der Waals surface area contributed by atoms with Crippen molar-refractivity contribution in [1.29, 1.82) is 0 Å². The number of amides is 1. The number of nitrogens with two attached hydrogens (primary N) is 1. The number of primary amides is 1. The lowest BCUT2D eigenvalue weighted by molar-refractivity contribution is -0.160. The predicted molar refractivity (Wildman–Crippen MR) is 194 cm³/mol. The quantitative estimate of drug-likeness (QED) is 0.0858. The average Bonchev–Trinajstić information content (AvgIpc) is 3.58. The minimum Gasteiger partial charge on any atom is -0.491 e. The molecule has 50 heavy (non-hydrogen) atoms. The molecule has 0 bridgehead atoms. The largest absolute Gasteiger partial charge is 0.491 e. The molecule has 0 saturated carbocycles. The van der Waals surface area contributed by atoms with Crippen molar-refractivity contribution in [2.24, 2.45) is 5.73 Å². The smallest absolute Gasteiger partial charge is 0.332 e. The molecule has 3 aromatic carbocycles. The van der Waals surface area contributed by atoms with Crippen LogP contribution >= 0.6 is 0 Å². The van der Waals surface area contributed by atoms with Gasteiger partial charge in [0.15, 0.2) is 0 Å². The molecule has 0 aliphatic carbocycles. The summed E-state index contributed by atoms with van der Waals surface area (Å²) in [6.45, 7) is 15.7. The van der Waals surface area contributed by atoms with Crippen molar-refractivity contribution in [2.45, 2.75) is 60.6 Å². The van der Waals surface area contributed by atoms with Gasteiger partial charge < -0.3 is 38.5 Å². The molecule has 0 atom stereocenters. The minimum absolute atomic E-state index is 0.110. The highest BCUT2D eigenvalue weighted by molar-refractivity contribution is 6.19. The lowest BCUT2D eigenvalue weighted by Crippen LogP contribution is -2.27. The molecule has 0 aliphatic rings. The number of aryl methyl sites for hydroxylation is 2. The molecule has 0 aliphatic heterocycles. The number of benzene rings is 3. The number of carbonyl (C=O) groups is 2. The molecule has 0 spiro atoms. The Morgan fingerprint density at radius 1 is 0.840 bits per heavy atom. The van der Waals surface area contributed by atoms with Gasteiger partial charge in [0, 0.05) is 34.0 Å². The molecule has 0 saturated heterocycles. The van der Waals surface area contributed by atoms with Gasteiger partial charge in [-0.2, -0.15) is 0 Å². The van der Waals surface area contributed by atoms with Gasteiger partial charge in [-0.05, 0) is 76.1 Å². The number of aromatic nitrogens is 2. The molecular weight excluding hydrogens is 638 g/mol. The van der Waals surface area contributed by atoms with Crippen LogP contribution in [0, 0.1) is 13.8 Å². The molecule has 2 heterocycles. The van der Waals surface area contributed by atoms with E-state index >= 15 is 0 Å². The van der Waals surface area contributed by atoms with E-state index in [1.54, 1.807) is 0 Å². The van der Waals surface area contributed by atoms with Crippen LogP contribution in [-0.4, -0.2) is 73.4 Å². The van der Waals surface area contributed by atoms with E-state index in [0.29, 0.717) is 56.7 Å². The van der Waals surface area contributed by atoms with Crippen LogP contribution in [0.15, 0.2) is 65.2 Å². The standard InChI is InChI=1S/C37H43N3O8.C2H6/c1-24-34(25(2)48-39-24)27-19-30(36(38)42)35-29-21-28(11-12-31(29)40(32(35)20-27)22-26-9-7-6-8-10-26)46-18-17-44-14-13-43-15-16-45-23-33(41)47-37(3,4)5;1-2/h6-12,19-21H,13-18,22-23H2,1-5H3,(H2,38,42);1-2H3. The summed E-state index contributed by atoms with van der Waals surface area (Å²) in [6.07, 6.45) is 0. The minimum atomic E-state index is -0.537. The lowest BCUT2D eigenvalue weighted by Gasteiger charge is -2.19. The Morgan fingerprint density at radius 2 is 1.50 bits per heavy atom. The van der Waals surface area contributed by atoms with Gasteiger partial charge in [-0.3, -0.25) is 4.79 Å². The zero-order valence-electron chi connectivity index (χ0n) is 30.2. The number of esters is 1. The zero-order chi connectivity index (χ0) is 36.3. The highest BCUT2D eigenvalue weighted by atomic mass is 16.6. The van der Waals surface area contributed by atoms with Crippen molar-refractivity contribution in [3.05, 3.63) is 83.2 Å². The first kappa shape index (κ1) is 38.1. The van der Waals surface area contributed by atoms with Crippen LogP contribution in [0.5, 0.6) is 5.75 Å². The van der Waals surface area contributed by atoms with Crippen molar-refractivity contribution < 1.29 is 37.8 Å². The van der Waals surface area contributed by atoms with Gasteiger partial charge >= 0.3 is 5.97 Å². The summed E-state index contributed by atoms with van der Waals surface area (Å²) in [5.74, 6) is 0.387. The molecule has 0 radical (unpaired) electrons. The van der Waals surface area contributed by atoms with E-state index in [2.05, 4.69) is 27.9 Å². The Balaban J connectivity index is 0.00000276. The van der Waals surface area contributed by atoms with E-state index in [9.17, 15) is 9.59 Å². The van der Waals surface area contributed by atoms with Crippen LogP contribution < -0.4 is 10.5 Å². The molecule has 11 nitrogen and oxygen atoms in total. The molecular formula is C39H49N3O8. The maximum atomic E-state index is 12.9. The van der Waals surface area contributed by atoms with Crippen LogP contribution in [0.3, 0.4) is 0 Å². The Labute approximate surface area is 293 Å². The van der Waals surface area contributed by atoms with Gasteiger partial charge in [-0.15, -0.1) is 0 Å². The third-order valence-corrected chi connectivity index (χ3v) is 7.59. The Hall–Kier alpha value is -4.71. The van der Waals surface area contributed by atoms with E-state index in [1.807, 2.05) is 90.9 Å². The Bertz CT molecular complexity index is 1850. The van der Waals surface area contributed by atoms with Gasteiger partial charge in [-0.1, -0.05) is 49.3 Å². The number of rotatable bonds is 16. The summed E-state index contributed by atoms with van der Waals surface area (Å²) in [5.41, 5.74) is 11.2. The highest BCUT2D eigenvalue weighted by Gasteiger charge is 2.22. The maximum absolute atomic E-state index is 12.9. The summed E-state index contributed by atoms with van der Waals surface area (Å²) in [4.78, 5) is 24.6. The Morgan fingerprint density at radius 3 is 2.12 bits per heavy atom. The summed E-state index contributed by atoms with van der Waals surface area (Å²) < 4.78 is 35.3. The number of nitrogens with zero attached hydrogens (tertiary/aromatic N) is 2. The van der Waals surface area contributed by atoms with Gasteiger partial charge in [-0.25, -0.2) is 4.79 Å². The average molecular weight is 688 g/mol. The third-order valence-electron chi connectivity index (χ3n) is 7.59. The third kappa shape index (κ3) is 9.93. The van der Waals surface area contributed by atoms with Crippen molar-refractivity contribution in [3.63, 3.8) is 0 Å². The number of ether oxygens (including phenoxy) is 5. The first-order chi connectivity index (χ1) is 24.0. The van der Waals surface area contributed by atoms with E-state index in [1.165, 1.54) is 0 Å². The van der Waals surface area contributed by atoms with Gasteiger partial charge in [0.1, 0.15) is 30.3 Å². The van der Waals surface area contributed by atoms with E-state index in [0.717, 1.165) is 44.2 Å². The van der Waals surface area contributed by atoms with Crippen molar-refractivity contribution in [3.8, 4) is 16.9 Å². The molecule has 5 rings (SSSR count). The fourth-order valence-corrected chi connectivity index (χ4v) is 5.65. The SMILES string of the molecule is CC.Cc1noc(C)c1-c1cc(C(N)=O)c2c3cc(OCCOCCOCCOCC(=O)OC(C)(C)C)ccc3n(Cc3ccccc3)c2c1. The molecule has 268 valence electrons. The van der Waals surface area contributed by atoms with Crippen LogP contribution in [0.25, 0.3) is 32.9 Å². The van der Waals surface area contributed by atoms with Crippen LogP contribution in [0.1, 0.15) is 62.0 Å². The van der Waals surface area contributed by atoms with Crippen LogP contribution in [0.4, 0.5) is 0 Å². The second-order valence-electron chi connectivity index (χ2n) is 12.4. The van der Waals surface area contributed by atoms with Crippen molar-refractivity contribution in [2.75, 3.05) is 46.2 Å². The molecule has 0 fully saturated rings. The number of hydrogen-bond donors (Lipinski definition) is 1. The number of hydrogen-bond acceptors (Lipinski definition) is 9. The first-order valence-electron chi connectivity index (χ1n) is 17.0. The monoisotopic (exact) mass is 687 g/mol. The fraction of sp³-hybridized carbons (Fsp3) is 0.410. The molecule has 2 aromatic heterocycles.